The number of nitrogens with two attached hydrogens (primary N) is 1. The predicted molar refractivity (Wildman–Crippen MR) is 64.1 cm³/mol. The van der Waals surface area contributed by atoms with Gasteiger partial charge in [0, 0.05) is 15.6 Å². The zero-order chi connectivity index (χ0) is 11.0. The van der Waals surface area contributed by atoms with Gasteiger partial charge in [-0.05, 0) is 34.1 Å². The highest BCUT2D eigenvalue weighted by molar-refractivity contribution is 9.10. The fourth-order valence-electron chi connectivity index (χ4n) is 1.16. The van der Waals surface area contributed by atoms with Gasteiger partial charge in [0.25, 0.3) is 0 Å². The third-order valence-corrected chi connectivity index (χ3v) is 2.99. The zero-order valence-corrected chi connectivity index (χ0v) is 10.4. The van der Waals surface area contributed by atoms with Crippen molar-refractivity contribution >= 4 is 44.9 Å². The lowest BCUT2D eigenvalue weighted by Gasteiger charge is -1.99. The molecule has 0 unspecified atom stereocenters. The Morgan fingerprint density at radius 2 is 1.80 bits per heavy atom. The van der Waals surface area contributed by atoms with Crippen molar-refractivity contribution in [2.45, 2.75) is 0 Å². The molecule has 0 saturated carbocycles. The molecule has 0 aliphatic heterocycles. The van der Waals surface area contributed by atoms with E-state index in [1.165, 1.54) is 0 Å². The highest BCUT2D eigenvalue weighted by Gasteiger charge is 2.13. The maximum atomic E-state index is 5.87. The second kappa shape index (κ2) is 4.04. The number of hydrogen-bond acceptors (Lipinski definition) is 3. The van der Waals surface area contributed by atoms with Crippen molar-refractivity contribution in [3.05, 3.63) is 32.7 Å². The summed E-state index contributed by atoms with van der Waals surface area (Å²) in [5, 5.41) is 4.68. The Morgan fingerprint density at radius 1 is 1.20 bits per heavy atom. The van der Waals surface area contributed by atoms with Gasteiger partial charge in [0.2, 0.25) is 0 Å². The molecule has 2 rings (SSSR count). The topological polar surface area (TPSA) is 52.0 Å². The van der Waals surface area contributed by atoms with E-state index in [2.05, 4.69) is 21.1 Å². The number of halogens is 3. The van der Waals surface area contributed by atoms with Crippen LogP contribution in [0.1, 0.15) is 0 Å². The maximum absolute atomic E-state index is 5.87. The minimum Gasteiger partial charge on any atom is -0.380 e. The Balaban J connectivity index is 2.58. The van der Waals surface area contributed by atoms with E-state index in [9.17, 15) is 0 Å². The summed E-state index contributed by atoms with van der Waals surface area (Å²) in [5.74, 6) is 0.804. The van der Waals surface area contributed by atoms with Crippen molar-refractivity contribution in [1.29, 1.82) is 0 Å². The van der Waals surface area contributed by atoms with Crippen LogP contribution < -0.4 is 5.73 Å². The molecule has 0 aliphatic carbocycles. The quantitative estimate of drug-likeness (QED) is 0.866. The van der Waals surface area contributed by atoms with E-state index in [4.69, 9.17) is 33.5 Å². The molecular formula is C9H5BrCl2N2O. The monoisotopic (exact) mass is 306 g/mol. The van der Waals surface area contributed by atoms with Crippen LogP contribution in [0.4, 0.5) is 5.82 Å². The molecule has 78 valence electrons. The third kappa shape index (κ3) is 2.12. The summed E-state index contributed by atoms with van der Waals surface area (Å²) in [6.45, 7) is 0. The number of rotatable bonds is 1. The largest absolute Gasteiger partial charge is 0.380 e. The van der Waals surface area contributed by atoms with Gasteiger partial charge >= 0.3 is 0 Å². The van der Waals surface area contributed by atoms with Gasteiger partial charge in [-0.1, -0.05) is 28.4 Å². The molecule has 0 bridgehead atoms. The van der Waals surface area contributed by atoms with Crippen LogP contribution in [0.3, 0.4) is 0 Å². The summed E-state index contributed by atoms with van der Waals surface area (Å²) in [4.78, 5) is 0. The first kappa shape index (κ1) is 10.8. The van der Waals surface area contributed by atoms with E-state index in [-0.39, 0.29) is 0 Å². The van der Waals surface area contributed by atoms with Crippen molar-refractivity contribution in [2.75, 3.05) is 5.73 Å². The molecule has 2 aromatic rings. The lowest BCUT2D eigenvalue weighted by molar-refractivity contribution is 0.435. The molecule has 1 heterocycles. The average Bonchev–Trinajstić information content (AvgIpc) is 2.46. The van der Waals surface area contributed by atoms with Crippen LogP contribution >= 0.6 is 39.1 Å². The number of anilines is 1. The molecule has 3 nitrogen and oxygen atoms in total. The minimum absolute atomic E-state index is 0.293. The molecule has 1 aromatic heterocycles. The first-order chi connectivity index (χ1) is 7.08. The number of nitrogens with zero attached hydrogens (tertiary/aromatic N) is 1. The Hall–Kier alpha value is -0.710. The minimum atomic E-state index is 0.293. The highest BCUT2D eigenvalue weighted by Crippen LogP contribution is 2.35. The Kier molecular flexibility index (Phi) is 2.91. The van der Waals surface area contributed by atoms with E-state index in [0.29, 0.717) is 26.1 Å². The summed E-state index contributed by atoms with van der Waals surface area (Å²) in [5.41, 5.74) is 6.26. The summed E-state index contributed by atoms with van der Waals surface area (Å²) >= 11 is 15.0. The van der Waals surface area contributed by atoms with Crippen molar-refractivity contribution in [3.8, 4) is 11.3 Å². The van der Waals surface area contributed by atoms with E-state index in [0.717, 1.165) is 5.56 Å². The van der Waals surface area contributed by atoms with E-state index < -0.39 is 0 Å². The number of aromatic nitrogens is 1. The summed E-state index contributed by atoms with van der Waals surface area (Å²) in [6.07, 6.45) is 0. The van der Waals surface area contributed by atoms with E-state index >= 15 is 0 Å². The molecule has 0 fully saturated rings. The third-order valence-electron chi connectivity index (χ3n) is 1.78. The van der Waals surface area contributed by atoms with Crippen molar-refractivity contribution in [3.63, 3.8) is 0 Å². The molecule has 0 amide bonds. The molecule has 15 heavy (non-hydrogen) atoms. The van der Waals surface area contributed by atoms with Crippen molar-refractivity contribution in [2.24, 2.45) is 0 Å². The van der Waals surface area contributed by atoms with Crippen molar-refractivity contribution < 1.29 is 4.52 Å². The lowest BCUT2D eigenvalue weighted by atomic mass is 10.2. The average molecular weight is 308 g/mol. The Labute approximate surface area is 104 Å². The normalized spacial score (nSPS) is 10.6. The second-order valence-corrected chi connectivity index (χ2v) is 4.53. The first-order valence-electron chi connectivity index (χ1n) is 3.95. The number of nitrogen functional groups attached to an aromatic ring is 1. The molecule has 0 aliphatic rings. The van der Waals surface area contributed by atoms with Crippen LogP contribution in [0.25, 0.3) is 11.3 Å². The molecule has 0 atom stereocenters. The van der Waals surface area contributed by atoms with E-state index in [1.807, 2.05) is 0 Å². The van der Waals surface area contributed by atoms with Gasteiger partial charge in [0.05, 0.1) is 0 Å². The van der Waals surface area contributed by atoms with Gasteiger partial charge in [-0.25, -0.2) is 0 Å². The fourth-order valence-corrected chi connectivity index (χ4v) is 2.06. The second-order valence-electron chi connectivity index (χ2n) is 2.87. The van der Waals surface area contributed by atoms with Gasteiger partial charge < -0.3 is 10.3 Å². The molecule has 1 aromatic carbocycles. The summed E-state index contributed by atoms with van der Waals surface area (Å²) in [7, 11) is 0. The lowest BCUT2D eigenvalue weighted by Crippen LogP contribution is -1.83. The van der Waals surface area contributed by atoms with Gasteiger partial charge in [-0.2, -0.15) is 0 Å². The SMILES string of the molecule is Nc1noc(-c2cc(Cl)cc(Cl)c2)c1Br. The van der Waals surface area contributed by atoms with Gasteiger partial charge in [-0.3, -0.25) is 0 Å². The number of hydrogen-bond donors (Lipinski definition) is 1. The van der Waals surface area contributed by atoms with Crippen LogP contribution in [-0.2, 0) is 0 Å². The fraction of sp³-hybridized carbons (Fsp3) is 0. The van der Waals surface area contributed by atoms with Crippen LogP contribution in [0, 0.1) is 0 Å². The van der Waals surface area contributed by atoms with Crippen LogP contribution in [0.5, 0.6) is 0 Å². The van der Waals surface area contributed by atoms with Gasteiger partial charge in [0.15, 0.2) is 11.6 Å². The molecule has 2 N–H and O–H groups in total. The number of benzene rings is 1. The molecule has 0 radical (unpaired) electrons. The summed E-state index contributed by atoms with van der Waals surface area (Å²) < 4.78 is 5.65. The van der Waals surface area contributed by atoms with Gasteiger partial charge in [-0.15, -0.1) is 0 Å². The maximum Gasteiger partial charge on any atom is 0.183 e. The highest BCUT2D eigenvalue weighted by atomic mass is 79.9. The van der Waals surface area contributed by atoms with E-state index in [1.54, 1.807) is 18.2 Å². The zero-order valence-electron chi connectivity index (χ0n) is 7.30. The molecule has 6 heteroatoms. The van der Waals surface area contributed by atoms with Crippen molar-refractivity contribution in [1.82, 2.24) is 5.16 Å². The molecular weight excluding hydrogens is 303 g/mol. The van der Waals surface area contributed by atoms with Crippen LogP contribution in [0.2, 0.25) is 10.0 Å². The van der Waals surface area contributed by atoms with Crippen LogP contribution in [-0.4, -0.2) is 5.16 Å². The molecule has 0 saturated heterocycles. The first-order valence-corrected chi connectivity index (χ1v) is 5.50. The summed E-state index contributed by atoms with van der Waals surface area (Å²) in [6, 6.07) is 5.08. The Morgan fingerprint density at radius 3 is 2.27 bits per heavy atom. The van der Waals surface area contributed by atoms with Crippen LogP contribution in [0.15, 0.2) is 27.2 Å². The smallest absolute Gasteiger partial charge is 0.183 e. The molecule has 0 spiro atoms. The van der Waals surface area contributed by atoms with Gasteiger partial charge in [0.1, 0.15) is 4.47 Å². The standard InChI is InChI=1S/C9H5BrCl2N2O/c10-7-8(15-14-9(7)13)4-1-5(11)3-6(12)2-4/h1-3H,(H2,13,14). The predicted octanol–water partition coefficient (Wildman–Crippen LogP) is 3.99. The Bertz CT molecular complexity index is 493.